The molecule has 9 heteroatoms. The smallest absolute Gasteiger partial charge is 0.387 e. The summed E-state index contributed by atoms with van der Waals surface area (Å²) < 4.78 is 31.9. The van der Waals surface area contributed by atoms with Crippen LogP contribution in [0, 0.1) is 0 Å². The van der Waals surface area contributed by atoms with Crippen LogP contribution in [0.15, 0.2) is 65.7 Å². The third-order valence-electron chi connectivity index (χ3n) is 4.04. The van der Waals surface area contributed by atoms with Crippen LogP contribution >= 0.6 is 15.9 Å². The number of ether oxygens (including phenoxy) is 1. The van der Waals surface area contributed by atoms with E-state index in [1.807, 2.05) is 31.2 Å². The SMILES string of the molecule is CC(NC(=O)/C=C/c1cc(Br)ccc1OC(F)F)c1ccc(-n2cncn2)cc1. The molecule has 1 unspecified atom stereocenters. The van der Waals surface area contributed by atoms with Crippen molar-refractivity contribution in [2.75, 3.05) is 0 Å². The van der Waals surface area contributed by atoms with Gasteiger partial charge in [0.15, 0.2) is 0 Å². The van der Waals surface area contributed by atoms with Gasteiger partial charge in [-0.15, -0.1) is 0 Å². The normalized spacial score (nSPS) is 12.3. The second-order valence-corrected chi connectivity index (χ2v) is 6.97. The van der Waals surface area contributed by atoms with Crippen molar-refractivity contribution in [1.29, 1.82) is 0 Å². The minimum absolute atomic E-state index is 0.0102. The van der Waals surface area contributed by atoms with Gasteiger partial charge in [-0.3, -0.25) is 4.79 Å². The predicted molar refractivity (Wildman–Crippen MR) is 108 cm³/mol. The van der Waals surface area contributed by atoms with E-state index in [9.17, 15) is 13.6 Å². The van der Waals surface area contributed by atoms with Crippen LogP contribution < -0.4 is 10.1 Å². The van der Waals surface area contributed by atoms with Gasteiger partial charge in [0.05, 0.1) is 11.7 Å². The van der Waals surface area contributed by atoms with E-state index in [0.717, 1.165) is 11.3 Å². The molecule has 1 amide bonds. The predicted octanol–water partition coefficient (Wildman–Crippen LogP) is 4.52. The van der Waals surface area contributed by atoms with Gasteiger partial charge in [-0.05, 0) is 48.9 Å². The van der Waals surface area contributed by atoms with Crippen molar-refractivity contribution < 1.29 is 18.3 Å². The first-order valence-corrected chi connectivity index (χ1v) is 9.39. The molecule has 0 saturated carbocycles. The van der Waals surface area contributed by atoms with Crippen molar-refractivity contribution in [3.63, 3.8) is 0 Å². The van der Waals surface area contributed by atoms with Gasteiger partial charge in [0.1, 0.15) is 18.4 Å². The van der Waals surface area contributed by atoms with Crippen LogP contribution in [0.3, 0.4) is 0 Å². The summed E-state index contributed by atoms with van der Waals surface area (Å²) in [7, 11) is 0. The summed E-state index contributed by atoms with van der Waals surface area (Å²) >= 11 is 3.27. The lowest BCUT2D eigenvalue weighted by molar-refractivity contribution is -0.117. The molecule has 0 aliphatic rings. The molecule has 0 radical (unpaired) electrons. The maximum atomic E-state index is 12.5. The number of hydrogen-bond acceptors (Lipinski definition) is 4. The lowest BCUT2D eigenvalue weighted by Gasteiger charge is -2.14. The average molecular weight is 463 g/mol. The third kappa shape index (κ3) is 5.71. The molecular formula is C20H17BrF2N4O2. The van der Waals surface area contributed by atoms with E-state index in [0.29, 0.717) is 10.0 Å². The van der Waals surface area contributed by atoms with E-state index in [1.54, 1.807) is 23.1 Å². The van der Waals surface area contributed by atoms with Crippen LogP contribution in [-0.4, -0.2) is 27.3 Å². The van der Waals surface area contributed by atoms with Gasteiger partial charge in [0, 0.05) is 16.1 Å². The van der Waals surface area contributed by atoms with Crippen molar-refractivity contribution in [3.05, 3.63) is 76.8 Å². The lowest BCUT2D eigenvalue weighted by atomic mass is 10.1. The van der Waals surface area contributed by atoms with Crippen LogP contribution in [0.4, 0.5) is 8.78 Å². The number of amides is 1. The molecule has 0 aliphatic carbocycles. The maximum Gasteiger partial charge on any atom is 0.387 e. The van der Waals surface area contributed by atoms with Gasteiger partial charge in [0.2, 0.25) is 5.91 Å². The minimum Gasteiger partial charge on any atom is -0.434 e. The molecule has 1 aromatic heterocycles. The van der Waals surface area contributed by atoms with Crippen LogP contribution in [0.5, 0.6) is 5.75 Å². The Morgan fingerprint density at radius 1 is 1.24 bits per heavy atom. The first-order chi connectivity index (χ1) is 13.9. The zero-order valence-corrected chi connectivity index (χ0v) is 16.9. The van der Waals surface area contributed by atoms with Gasteiger partial charge in [0.25, 0.3) is 0 Å². The maximum absolute atomic E-state index is 12.5. The highest BCUT2D eigenvalue weighted by molar-refractivity contribution is 9.10. The van der Waals surface area contributed by atoms with E-state index in [2.05, 4.69) is 36.1 Å². The molecule has 0 spiro atoms. The standard InChI is InChI=1S/C20H17BrF2N4O2/c1-13(14-2-6-17(7-3-14)27-12-24-11-25-27)26-19(28)9-4-15-10-16(21)5-8-18(15)29-20(22)23/h2-13,20H,1H3,(H,26,28)/b9-4+. The number of benzene rings is 2. The molecule has 1 heterocycles. The first kappa shape index (κ1) is 20.7. The quantitative estimate of drug-likeness (QED) is 0.524. The number of carbonyl (C=O) groups excluding carboxylic acids is 1. The Labute approximate surface area is 174 Å². The molecule has 1 N–H and O–H groups in total. The first-order valence-electron chi connectivity index (χ1n) is 8.60. The second-order valence-electron chi connectivity index (χ2n) is 6.06. The summed E-state index contributed by atoms with van der Waals surface area (Å²) in [5, 5.41) is 6.89. The number of halogens is 3. The number of rotatable bonds is 7. The fraction of sp³-hybridized carbons (Fsp3) is 0.150. The Balaban J connectivity index is 1.65. The van der Waals surface area contributed by atoms with Crippen LogP contribution in [0.25, 0.3) is 11.8 Å². The summed E-state index contributed by atoms with van der Waals surface area (Å²) in [5.74, 6) is -0.371. The van der Waals surface area contributed by atoms with Crippen molar-refractivity contribution in [3.8, 4) is 11.4 Å². The topological polar surface area (TPSA) is 69.0 Å². The van der Waals surface area contributed by atoms with Gasteiger partial charge >= 0.3 is 6.61 Å². The Kier molecular flexibility index (Phi) is 6.71. The third-order valence-corrected chi connectivity index (χ3v) is 4.53. The number of alkyl halides is 2. The Bertz CT molecular complexity index is 992. The average Bonchev–Trinajstić information content (AvgIpc) is 3.23. The number of nitrogens with one attached hydrogen (secondary N) is 1. The fourth-order valence-electron chi connectivity index (χ4n) is 2.62. The molecule has 150 valence electrons. The van der Waals surface area contributed by atoms with E-state index in [-0.39, 0.29) is 17.7 Å². The number of carbonyl (C=O) groups is 1. The fourth-order valence-corrected chi connectivity index (χ4v) is 3.00. The summed E-state index contributed by atoms with van der Waals surface area (Å²) in [6, 6.07) is 11.8. The van der Waals surface area contributed by atoms with E-state index in [1.165, 1.54) is 24.5 Å². The highest BCUT2D eigenvalue weighted by Gasteiger charge is 2.11. The Morgan fingerprint density at radius 3 is 2.66 bits per heavy atom. The van der Waals surface area contributed by atoms with E-state index < -0.39 is 6.61 Å². The van der Waals surface area contributed by atoms with Gasteiger partial charge in [-0.2, -0.15) is 13.9 Å². The van der Waals surface area contributed by atoms with Gasteiger partial charge in [-0.25, -0.2) is 9.67 Å². The highest BCUT2D eigenvalue weighted by Crippen LogP contribution is 2.26. The lowest BCUT2D eigenvalue weighted by Crippen LogP contribution is -2.24. The monoisotopic (exact) mass is 462 g/mol. The summed E-state index contributed by atoms with van der Waals surface area (Å²) in [4.78, 5) is 16.2. The van der Waals surface area contributed by atoms with Crippen molar-refractivity contribution in [2.45, 2.75) is 19.6 Å². The molecule has 29 heavy (non-hydrogen) atoms. The van der Waals surface area contributed by atoms with Gasteiger partial charge in [-0.1, -0.05) is 28.1 Å². The van der Waals surface area contributed by atoms with E-state index in [4.69, 9.17) is 0 Å². The number of nitrogens with zero attached hydrogens (tertiary/aromatic N) is 3. The molecule has 6 nitrogen and oxygen atoms in total. The summed E-state index contributed by atoms with van der Waals surface area (Å²) in [6.07, 6.45) is 5.75. The Morgan fingerprint density at radius 2 is 2.00 bits per heavy atom. The second kappa shape index (κ2) is 9.42. The summed E-state index contributed by atoms with van der Waals surface area (Å²) in [5.41, 5.74) is 2.12. The molecule has 1 atom stereocenters. The van der Waals surface area contributed by atoms with Crippen molar-refractivity contribution in [1.82, 2.24) is 20.1 Å². The molecule has 0 fully saturated rings. The number of aromatic nitrogens is 3. The van der Waals surface area contributed by atoms with Gasteiger partial charge < -0.3 is 10.1 Å². The Hall–Kier alpha value is -3.07. The van der Waals surface area contributed by atoms with Crippen LogP contribution in [0.1, 0.15) is 24.1 Å². The highest BCUT2D eigenvalue weighted by atomic mass is 79.9. The van der Waals surface area contributed by atoms with Crippen LogP contribution in [-0.2, 0) is 4.79 Å². The molecule has 2 aromatic carbocycles. The molecule has 3 aromatic rings. The molecule has 3 rings (SSSR count). The zero-order chi connectivity index (χ0) is 20.8. The largest absolute Gasteiger partial charge is 0.434 e. The summed E-state index contributed by atoms with van der Waals surface area (Å²) in [6.45, 7) is -1.10. The number of hydrogen-bond donors (Lipinski definition) is 1. The molecule has 0 aliphatic heterocycles. The minimum atomic E-state index is -2.95. The zero-order valence-electron chi connectivity index (χ0n) is 15.3. The molecule has 0 saturated heterocycles. The molecular weight excluding hydrogens is 446 g/mol. The molecule has 0 bridgehead atoms. The van der Waals surface area contributed by atoms with E-state index >= 15 is 0 Å². The van der Waals surface area contributed by atoms with Crippen LogP contribution in [0.2, 0.25) is 0 Å². The van der Waals surface area contributed by atoms with Crippen molar-refractivity contribution >= 4 is 27.9 Å². The van der Waals surface area contributed by atoms with Crippen molar-refractivity contribution in [2.24, 2.45) is 0 Å².